The number of rotatable bonds is 7. The second-order valence-corrected chi connectivity index (χ2v) is 6.67. The number of hydrogen-bond acceptors (Lipinski definition) is 3. The Hall–Kier alpha value is -0.390. The fraction of sp³-hybridized carbons (Fsp3) is 0.833. The Labute approximate surface area is 104 Å². The van der Waals surface area contributed by atoms with Gasteiger partial charge in [-0.05, 0) is 18.8 Å². The molecule has 1 aliphatic carbocycles. The van der Waals surface area contributed by atoms with Crippen LogP contribution >= 0.6 is 0 Å². The largest absolute Gasteiger partial charge is 0.395 e. The quantitative estimate of drug-likeness (QED) is 0.704. The van der Waals surface area contributed by atoms with Gasteiger partial charge in [0.2, 0.25) is 10.0 Å². The summed E-state index contributed by atoms with van der Waals surface area (Å²) < 4.78 is 25.6. The predicted octanol–water partition coefficient (Wildman–Crippen LogP) is 1.38. The number of hydrogen-bond donors (Lipinski definition) is 1. The van der Waals surface area contributed by atoms with E-state index in [1.807, 2.05) is 0 Å². The van der Waals surface area contributed by atoms with Crippen molar-refractivity contribution in [2.75, 3.05) is 25.4 Å². The number of nitrogens with zero attached hydrogens (tertiary/aromatic N) is 1. The van der Waals surface area contributed by atoms with Gasteiger partial charge in [-0.3, -0.25) is 0 Å². The van der Waals surface area contributed by atoms with Crippen molar-refractivity contribution in [2.45, 2.75) is 32.1 Å². The van der Waals surface area contributed by atoms with Crippen LogP contribution < -0.4 is 0 Å². The molecule has 0 atom stereocenters. The molecule has 0 unspecified atom stereocenters. The minimum atomic E-state index is -3.24. The maximum atomic E-state index is 12.1. The molecule has 0 amide bonds. The Balaban J connectivity index is 2.59. The van der Waals surface area contributed by atoms with Gasteiger partial charge in [-0.25, -0.2) is 8.42 Å². The smallest absolute Gasteiger partial charge is 0.214 e. The van der Waals surface area contributed by atoms with E-state index in [0.29, 0.717) is 5.92 Å². The van der Waals surface area contributed by atoms with Crippen LogP contribution in [-0.2, 0) is 10.0 Å². The van der Waals surface area contributed by atoms with Crippen LogP contribution in [0.2, 0.25) is 0 Å². The summed E-state index contributed by atoms with van der Waals surface area (Å²) in [6, 6.07) is 0. The fourth-order valence-corrected chi connectivity index (χ4v) is 4.19. The molecule has 0 bridgehead atoms. The summed E-state index contributed by atoms with van der Waals surface area (Å²) in [7, 11) is -3.24. The Morgan fingerprint density at radius 3 is 2.47 bits per heavy atom. The highest BCUT2D eigenvalue weighted by Gasteiger charge is 2.26. The molecule has 1 N–H and O–H groups in total. The number of sulfonamides is 1. The van der Waals surface area contributed by atoms with Crippen molar-refractivity contribution >= 4 is 10.0 Å². The summed E-state index contributed by atoms with van der Waals surface area (Å²) in [5.74, 6) is 0.514. The van der Waals surface area contributed by atoms with Gasteiger partial charge in [-0.1, -0.05) is 25.3 Å². The minimum Gasteiger partial charge on any atom is -0.395 e. The topological polar surface area (TPSA) is 57.6 Å². The van der Waals surface area contributed by atoms with Crippen LogP contribution in [0.25, 0.3) is 0 Å². The summed E-state index contributed by atoms with van der Waals surface area (Å²) in [6.07, 6.45) is 7.10. The molecule has 0 aromatic heterocycles. The first-order chi connectivity index (χ1) is 8.10. The molecule has 1 fully saturated rings. The van der Waals surface area contributed by atoms with Crippen LogP contribution in [0.5, 0.6) is 0 Å². The highest BCUT2D eigenvalue weighted by atomic mass is 32.2. The number of aliphatic hydroxyl groups excluding tert-OH is 1. The van der Waals surface area contributed by atoms with Crippen LogP contribution in [0.4, 0.5) is 0 Å². The fourth-order valence-electron chi connectivity index (χ4n) is 2.36. The van der Waals surface area contributed by atoms with Crippen molar-refractivity contribution in [2.24, 2.45) is 5.92 Å². The molecule has 0 aliphatic heterocycles. The van der Waals surface area contributed by atoms with E-state index < -0.39 is 10.0 Å². The second-order valence-electron chi connectivity index (χ2n) is 4.65. The molecular weight excluding hydrogens is 238 g/mol. The molecule has 100 valence electrons. The monoisotopic (exact) mass is 261 g/mol. The Morgan fingerprint density at radius 1 is 1.29 bits per heavy atom. The highest BCUT2D eigenvalue weighted by molar-refractivity contribution is 7.89. The summed E-state index contributed by atoms with van der Waals surface area (Å²) in [6.45, 7) is 3.87. The highest BCUT2D eigenvalue weighted by Crippen LogP contribution is 2.25. The Kier molecular flexibility index (Phi) is 6.16. The van der Waals surface area contributed by atoms with Crippen molar-refractivity contribution < 1.29 is 13.5 Å². The first kappa shape index (κ1) is 14.7. The van der Waals surface area contributed by atoms with Gasteiger partial charge in [-0.15, -0.1) is 6.58 Å². The van der Waals surface area contributed by atoms with E-state index in [4.69, 9.17) is 5.11 Å². The van der Waals surface area contributed by atoms with Crippen molar-refractivity contribution in [3.8, 4) is 0 Å². The molecule has 1 aliphatic rings. The lowest BCUT2D eigenvalue weighted by atomic mass is 9.91. The first-order valence-electron chi connectivity index (χ1n) is 6.29. The van der Waals surface area contributed by atoms with Crippen molar-refractivity contribution in [3.63, 3.8) is 0 Å². The molecule has 0 aromatic rings. The summed E-state index contributed by atoms with van der Waals surface area (Å²) in [4.78, 5) is 0. The van der Waals surface area contributed by atoms with Crippen LogP contribution in [0.3, 0.4) is 0 Å². The van der Waals surface area contributed by atoms with Crippen molar-refractivity contribution in [1.29, 1.82) is 0 Å². The zero-order valence-corrected chi connectivity index (χ0v) is 11.2. The molecule has 0 spiro atoms. The summed E-state index contributed by atoms with van der Waals surface area (Å²) in [5, 5.41) is 8.89. The lowest BCUT2D eigenvalue weighted by Gasteiger charge is -2.25. The van der Waals surface area contributed by atoms with Gasteiger partial charge in [0.25, 0.3) is 0 Å². The zero-order chi connectivity index (χ0) is 12.7. The first-order valence-corrected chi connectivity index (χ1v) is 7.90. The van der Waals surface area contributed by atoms with E-state index in [2.05, 4.69) is 6.58 Å². The van der Waals surface area contributed by atoms with Gasteiger partial charge in [0.05, 0.1) is 12.4 Å². The molecular formula is C12H23NO3S. The van der Waals surface area contributed by atoms with Gasteiger partial charge in [0, 0.05) is 13.1 Å². The molecule has 1 saturated carbocycles. The average molecular weight is 261 g/mol. The lowest BCUT2D eigenvalue weighted by molar-refractivity contribution is 0.259. The second kappa shape index (κ2) is 7.13. The standard InChI is InChI=1S/C12H23NO3S/c1-2-8-13(9-10-14)17(15,16)11-12-6-4-3-5-7-12/h2,12,14H,1,3-11H2. The van der Waals surface area contributed by atoms with E-state index in [0.717, 1.165) is 25.7 Å². The number of aliphatic hydroxyl groups is 1. The molecule has 4 nitrogen and oxygen atoms in total. The third-order valence-electron chi connectivity index (χ3n) is 3.25. The van der Waals surface area contributed by atoms with Crippen LogP contribution in [0.1, 0.15) is 32.1 Å². The Bertz CT molecular complexity index is 321. The summed E-state index contributed by atoms with van der Waals surface area (Å²) >= 11 is 0. The average Bonchev–Trinajstić information content (AvgIpc) is 2.29. The van der Waals surface area contributed by atoms with Crippen LogP contribution in [0, 0.1) is 5.92 Å². The molecule has 0 aromatic carbocycles. The zero-order valence-electron chi connectivity index (χ0n) is 10.3. The van der Waals surface area contributed by atoms with Crippen LogP contribution in [-0.4, -0.2) is 43.3 Å². The van der Waals surface area contributed by atoms with E-state index in [9.17, 15) is 8.42 Å². The van der Waals surface area contributed by atoms with Gasteiger partial charge >= 0.3 is 0 Å². The van der Waals surface area contributed by atoms with Crippen molar-refractivity contribution in [3.05, 3.63) is 12.7 Å². The van der Waals surface area contributed by atoms with Gasteiger partial charge < -0.3 is 5.11 Å². The molecule has 17 heavy (non-hydrogen) atoms. The summed E-state index contributed by atoms with van der Waals surface area (Å²) in [5.41, 5.74) is 0. The van der Waals surface area contributed by atoms with E-state index in [1.165, 1.54) is 10.7 Å². The predicted molar refractivity (Wildman–Crippen MR) is 69.2 cm³/mol. The van der Waals surface area contributed by atoms with Gasteiger partial charge in [-0.2, -0.15) is 4.31 Å². The van der Waals surface area contributed by atoms with E-state index >= 15 is 0 Å². The van der Waals surface area contributed by atoms with E-state index in [1.54, 1.807) is 6.08 Å². The third kappa shape index (κ3) is 4.77. The Morgan fingerprint density at radius 2 is 1.94 bits per heavy atom. The maximum absolute atomic E-state index is 12.1. The SMILES string of the molecule is C=CCN(CCO)S(=O)(=O)CC1CCCCC1. The third-order valence-corrected chi connectivity index (χ3v) is 5.26. The lowest BCUT2D eigenvalue weighted by Crippen LogP contribution is -2.37. The molecule has 0 saturated heterocycles. The van der Waals surface area contributed by atoms with Gasteiger partial charge in [0.1, 0.15) is 0 Å². The minimum absolute atomic E-state index is 0.141. The van der Waals surface area contributed by atoms with Crippen LogP contribution in [0.15, 0.2) is 12.7 Å². The molecule has 5 heteroatoms. The van der Waals surface area contributed by atoms with Gasteiger partial charge in [0.15, 0.2) is 0 Å². The molecule has 0 radical (unpaired) electrons. The molecule has 1 rings (SSSR count). The normalized spacial score (nSPS) is 18.5. The maximum Gasteiger partial charge on any atom is 0.214 e. The van der Waals surface area contributed by atoms with E-state index in [-0.39, 0.29) is 25.4 Å². The van der Waals surface area contributed by atoms with Crippen molar-refractivity contribution in [1.82, 2.24) is 4.31 Å². The molecule has 0 heterocycles.